The van der Waals surface area contributed by atoms with Crippen molar-refractivity contribution in [2.45, 2.75) is 25.3 Å². The predicted molar refractivity (Wildman–Crippen MR) is 85.5 cm³/mol. The fourth-order valence-corrected chi connectivity index (χ4v) is 3.27. The van der Waals surface area contributed by atoms with Gasteiger partial charge in [-0.1, -0.05) is 0 Å². The zero-order valence-electron chi connectivity index (χ0n) is 13.5. The van der Waals surface area contributed by atoms with Gasteiger partial charge in [-0.3, -0.25) is 19.7 Å². The van der Waals surface area contributed by atoms with Crippen LogP contribution >= 0.6 is 0 Å². The van der Waals surface area contributed by atoms with Gasteiger partial charge in [0.1, 0.15) is 11.7 Å². The second-order valence-electron chi connectivity index (χ2n) is 6.39. The Morgan fingerprint density at radius 1 is 1.21 bits per heavy atom. The Morgan fingerprint density at radius 3 is 2.33 bits per heavy atom. The Labute approximate surface area is 139 Å². The molecule has 24 heavy (non-hydrogen) atoms. The van der Waals surface area contributed by atoms with Gasteiger partial charge in [0.25, 0.3) is 0 Å². The molecule has 2 fully saturated rings. The van der Waals surface area contributed by atoms with E-state index in [0.717, 1.165) is 0 Å². The molecule has 0 spiro atoms. The summed E-state index contributed by atoms with van der Waals surface area (Å²) in [4.78, 5) is 36.7. The normalized spacial score (nSPS) is 23.6. The fourth-order valence-electron chi connectivity index (χ4n) is 3.27. The van der Waals surface area contributed by atoms with Gasteiger partial charge >= 0.3 is 0 Å². The SMILES string of the molecule is COc1ccc(C(=O)C2CCN(C(=O)C3CC3[N+](=O)[O-])CC2)cc1. The van der Waals surface area contributed by atoms with Crippen molar-refractivity contribution >= 4 is 11.7 Å². The van der Waals surface area contributed by atoms with E-state index in [9.17, 15) is 19.7 Å². The van der Waals surface area contributed by atoms with Gasteiger partial charge in [-0.05, 0) is 37.1 Å². The molecule has 1 aliphatic carbocycles. The number of nitrogens with zero attached hydrogens (tertiary/aromatic N) is 2. The quantitative estimate of drug-likeness (QED) is 0.466. The van der Waals surface area contributed by atoms with Crippen LogP contribution in [0, 0.1) is 22.0 Å². The largest absolute Gasteiger partial charge is 0.497 e. The maximum absolute atomic E-state index is 12.5. The summed E-state index contributed by atoms with van der Waals surface area (Å²) in [6.07, 6.45) is 1.55. The molecular weight excluding hydrogens is 312 g/mol. The lowest BCUT2D eigenvalue weighted by molar-refractivity contribution is -0.497. The zero-order valence-corrected chi connectivity index (χ0v) is 13.5. The molecule has 3 rings (SSSR count). The molecule has 7 nitrogen and oxygen atoms in total. The van der Waals surface area contributed by atoms with Gasteiger partial charge in [-0.15, -0.1) is 0 Å². The number of hydrogen-bond acceptors (Lipinski definition) is 5. The number of ether oxygens (including phenoxy) is 1. The average molecular weight is 332 g/mol. The van der Waals surface area contributed by atoms with Gasteiger partial charge in [0, 0.05) is 35.9 Å². The van der Waals surface area contributed by atoms with Crippen LogP contribution in [-0.4, -0.2) is 47.8 Å². The minimum absolute atomic E-state index is 0.0827. The van der Waals surface area contributed by atoms with Crippen LogP contribution in [0.2, 0.25) is 0 Å². The molecule has 0 aromatic heterocycles. The Morgan fingerprint density at radius 2 is 1.83 bits per heavy atom. The highest BCUT2D eigenvalue weighted by atomic mass is 16.6. The van der Waals surface area contributed by atoms with E-state index in [4.69, 9.17) is 4.74 Å². The zero-order chi connectivity index (χ0) is 17.3. The average Bonchev–Trinajstić information content (AvgIpc) is 3.42. The van der Waals surface area contributed by atoms with Crippen LogP contribution in [0.15, 0.2) is 24.3 Å². The number of carbonyl (C=O) groups excluding carboxylic acids is 2. The third-order valence-electron chi connectivity index (χ3n) is 4.90. The Kier molecular flexibility index (Phi) is 4.51. The molecule has 2 unspecified atom stereocenters. The molecule has 1 saturated heterocycles. The molecule has 1 heterocycles. The molecule has 1 aromatic carbocycles. The van der Waals surface area contributed by atoms with E-state index in [1.165, 1.54) is 0 Å². The van der Waals surface area contributed by atoms with Crippen LogP contribution in [0.25, 0.3) is 0 Å². The summed E-state index contributed by atoms with van der Waals surface area (Å²) in [7, 11) is 1.58. The Hall–Kier alpha value is -2.44. The first-order chi connectivity index (χ1) is 11.5. The molecule has 2 aliphatic rings. The molecule has 0 radical (unpaired) electrons. The van der Waals surface area contributed by atoms with Gasteiger partial charge in [0.2, 0.25) is 11.9 Å². The smallest absolute Gasteiger partial charge is 0.232 e. The third kappa shape index (κ3) is 3.25. The minimum Gasteiger partial charge on any atom is -0.497 e. The molecule has 2 atom stereocenters. The van der Waals surface area contributed by atoms with Crippen molar-refractivity contribution in [2.75, 3.05) is 20.2 Å². The van der Waals surface area contributed by atoms with Crippen LogP contribution in [-0.2, 0) is 4.79 Å². The lowest BCUT2D eigenvalue weighted by Gasteiger charge is -2.31. The lowest BCUT2D eigenvalue weighted by atomic mass is 9.88. The minimum atomic E-state index is -0.712. The summed E-state index contributed by atoms with van der Waals surface area (Å²) in [6.45, 7) is 0.985. The van der Waals surface area contributed by atoms with Crippen molar-refractivity contribution in [2.24, 2.45) is 11.8 Å². The summed E-state index contributed by atoms with van der Waals surface area (Å²) < 4.78 is 5.09. The summed E-state index contributed by atoms with van der Waals surface area (Å²) >= 11 is 0. The van der Waals surface area contributed by atoms with E-state index in [-0.39, 0.29) is 22.5 Å². The maximum Gasteiger partial charge on any atom is 0.232 e. The highest BCUT2D eigenvalue weighted by molar-refractivity contribution is 5.98. The fraction of sp³-hybridized carbons (Fsp3) is 0.529. The van der Waals surface area contributed by atoms with E-state index in [1.54, 1.807) is 36.3 Å². The number of ketones is 1. The van der Waals surface area contributed by atoms with Crippen LogP contribution in [0.5, 0.6) is 5.75 Å². The molecule has 1 amide bonds. The number of amides is 1. The van der Waals surface area contributed by atoms with Crippen LogP contribution < -0.4 is 4.74 Å². The molecule has 1 saturated carbocycles. The number of carbonyl (C=O) groups is 2. The van der Waals surface area contributed by atoms with Crippen molar-refractivity contribution in [3.8, 4) is 5.75 Å². The van der Waals surface area contributed by atoms with E-state index in [1.807, 2.05) is 0 Å². The molecule has 128 valence electrons. The van der Waals surface area contributed by atoms with Gasteiger partial charge in [0.15, 0.2) is 5.78 Å². The highest BCUT2D eigenvalue weighted by Crippen LogP contribution is 2.36. The monoisotopic (exact) mass is 332 g/mol. The first-order valence-corrected chi connectivity index (χ1v) is 8.12. The standard InChI is InChI=1S/C17H20N2O5/c1-24-13-4-2-11(3-5-13)16(20)12-6-8-18(9-7-12)17(21)14-10-15(14)19(22)23/h2-5,12,14-15H,6-10H2,1H3. The highest BCUT2D eigenvalue weighted by Gasteiger charge is 2.54. The Balaban J connectivity index is 1.54. The van der Waals surface area contributed by atoms with Gasteiger partial charge < -0.3 is 9.64 Å². The van der Waals surface area contributed by atoms with Crippen molar-refractivity contribution in [3.05, 3.63) is 39.9 Å². The summed E-state index contributed by atoms with van der Waals surface area (Å²) in [6, 6.07) is 6.32. The van der Waals surface area contributed by atoms with E-state index >= 15 is 0 Å². The van der Waals surface area contributed by atoms with Crippen LogP contribution in [0.3, 0.4) is 0 Å². The van der Waals surface area contributed by atoms with E-state index in [0.29, 0.717) is 43.7 Å². The van der Waals surface area contributed by atoms with Gasteiger partial charge in [-0.25, -0.2) is 0 Å². The van der Waals surface area contributed by atoms with E-state index in [2.05, 4.69) is 0 Å². The number of likely N-dealkylation sites (tertiary alicyclic amines) is 1. The van der Waals surface area contributed by atoms with Crippen LogP contribution in [0.4, 0.5) is 0 Å². The summed E-state index contributed by atoms with van der Waals surface area (Å²) in [5.74, 6) is 0.0879. The first kappa shape index (κ1) is 16.4. The van der Waals surface area contributed by atoms with E-state index < -0.39 is 12.0 Å². The molecule has 1 aliphatic heterocycles. The number of methoxy groups -OCH3 is 1. The summed E-state index contributed by atoms with van der Waals surface area (Å²) in [5, 5.41) is 10.7. The molecule has 1 aromatic rings. The summed E-state index contributed by atoms with van der Waals surface area (Å²) in [5.41, 5.74) is 0.649. The number of nitro groups is 1. The second kappa shape index (κ2) is 6.59. The van der Waals surface area contributed by atoms with Crippen molar-refractivity contribution in [1.82, 2.24) is 4.90 Å². The topological polar surface area (TPSA) is 89.8 Å². The number of piperidine rings is 1. The van der Waals surface area contributed by atoms with Gasteiger partial charge in [-0.2, -0.15) is 0 Å². The van der Waals surface area contributed by atoms with Crippen molar-refractivity contribution in [1.29, 1.82) is 0 Å². The Bertz CT molecular complexity index is 649. The lowest BCUT2D eigenvalue weighted by Crippen LogP contribution is -2.41. The van der Waals surface area contributed by atoms with Gasteiger partial charge in [0.05, 0.1) is 7.11 Å². The molecule has 0 N–H and O–H groups in total. The number of Topliss-reactive ketones (excluding diaryl/α,β-unsaturated/α-hetero) is 1. The number of rotatable bonds is 5. The predicted octanol–water partition coefficient (Wildman–Crippen LogP) is 1.78. The molecule has 0 bridgehead atoms. The first-order valence-electron chi connectivity index (χ1n) is 8.12. The van der Waals surface area contributed by atoms with Crippen LogP contribution in [0.1, 0.15) is 29.6 Å². The molecule has 7 heteroatoms. The number of benzene rings is 1. The number of hydrogen-bond donors (Lipinski definition) is 0. The second-order valence-corrected chi connectivity index (χ2v) is 6.39. The van der Waals surface area contributed by atoms with Crippen molar-refractivity contribution in [3.63, 3.8) is 0 Å². The maximum atomic E-state index is 12.5. The molecular formula is C17H20N2O5. The third-order valence-corrected chi connectivity index (χ3v) is 4.90. The van der Waals surface area contributed by atoms with Crippen molar-refractivity contribution < 1.29 is 19.2 Å².